The summed E-state index contributed by atoms with van der Waals surface area (Å²) in [5.41, 5.74) is 0. The normalized spacial score (nSPS) is 9.00. The second kappa shape index (κ2) is 12.2. The van der Waals surface area contributed by atoms with E-state index in [2.05, 4.69) is 0 Å². The van der Waals surface area contributed by atoms with Gasteiger partial charge < -0.3 is 14.2 Å². The molecule has 0 bridgehead atoms. The first-order valence-corrected chi connectivity index (χ1v) is 2.97. The minimum absolute atomic E-state index is 0. The summed E-state index contributed by atoms with van der Waals surface area (Å²) in [5, 5.41) is 0. The van der Waals surface area contributed by atoms with Crippen LogP contribution in [0.3, 0.4) is 0 Å². The third kappa shape index (κ3) is 11.3. The molecule has 0 spiro atoms. The van der Waals surface area contributed by atoms with Crippen LogP contribution >= 0.6 is 0 Å². The van der Waals surface area contributed by atoms with Gasteiger partial charge in [0.1, 0.15) is 0 Å². The van der Waals surface area contributed by atoms with Crippen LogP contribution in [0.25, 0.3) is 0 Å². The molecular weight excluding hydrogens is 185 g/mol. The Hall–Kier alpha value is 0.503. The SMILES string of the molecule is COCCOCCOC.[Zn]. The molecule has 4 heteroatoms. The van der Waals surface area contributed by atoms with Gasteiger partial charge in [0, 0.05) is 33.7 Å². The van der Waals surface area contributed by atoms with Crippen molar-refractivity contribution in [3.05, 3.63) is 0 Å². The molecule has 0 saturated carbocycles. The summed E-state index contributed by atoms with van der Waals surface area (Å²) in [6, 6.07) is 0. The fourth-order valence-corrected chi connectivity index (χ4v) is 0.387. The van der Waals surface area contributed by atoms with Crippen LogP contribution in [-0.2, 0) is 33.7 Å². The fourth-order valence-electron chi connectivity index (χ4n) is 0.387. The van der Waals surface area contributed by atoms with E-state index < -0.39 is 0 Å². The smallest absolute Gasteiger partial charge is 0.0701 e. The molecule has 0 aromatic heterocycles. The van der Waals surface area contributed by atoms with Crippen molar-refractivity contribution in [1.29, 1.82) is 0 Å². The first-order valence-electron chi connectivity index (χ1n) is 2.97. The van der Waals surface area contributed by atoms with E-state index in [0.29, 0.717) is 26.4 Å². The minimum atomic E-state index is 0. The third-order valence-corrected chi connectivity index (χ3v) is 0.864. The summed E-state index contributed by atoms with van der Waals surface area (Å²) in [6.45, 7) is 2.62. The van der Waals surface area contributed by atoms with Crippen LogP contribution in [0.5, 0.6) is 0 Å². The topological polar surface area (TPSA) is 27.7 Å². The zero-order chi connectivity index (χ0) is 6.95. The summed E-state index contributed by atoms with van der Waals surface area (Å²) < 4.78 is 14.6. The van der Waals surface area contributed by atoms with Crippen molar-refractivity contribution in [1.82, 2.24) is 0 Å². The predicted octanol–water partition coefficient (Wildman–Crippen LogP) is 0.293. The van der Waals surface area contributed by atoms with E-state index in [1.54, 1.807) is 14.2 Å². The summed E-state index contributed by atoms with van der Waals surface area (Å²) in [4.78, 5) is 0. The van der Waals surface area contributed by atoms with Crippen LogP contribution < -0.4 is 0 Å². The van der Waals surface area contributed by atoms with E-state index in [1.807, 2.05) is 0 Å². The largest absolute Gasteiger partial charge is 0.382 e. The molecular formula is C6H14O3Zn. The standard InChI is InChI=1S/C6H14O3.Zn/c1-7-3-5-9-6-4-8-2;/h3-6H2,1-2H3;. The molecule has 0 saturated heterocycles. The molecule has 0 aliphatic rings. The quantitative estimate of drug-likeness (QED) is 0.455. The maximum Gasteiger partial charge on any atom is 0.0701 e. The van der Waals surface area contributed by atoms with E-state index in [9.17, 15) is 0 Å². The van der Waals surface area contributed by atoms with E-state index in [-0.39, 0.29) is 19.5 Å². The Balaban J connectivity index is 0. The summed E-state index contributed by atoms with van der Waals surface area (Å²) in [5.74, 6) is 0. The van der Waals surface area contributed by atoms with Gasteiger partial charge in [0.25, 0.3) is 0 Å². The molecule has 0 radical (unpaired) electrons. The first kappa shape index (κ1) is 13.1. The number of methoxy groups -OCH3 is 2. The molecule has 0 aliphatic heterocycles. The van der Waals surface area contributed by atoms with Gasteiger partial charge in [-0.2, -0.15) is 0 Å². The molecule has 0 amide bonds. The molecule has 58 valence electrons. The molecule has 3 nitrogen and oxygen atoms in total. The maximum absolute atomic E-state index is 5.06. The predicted molar refractivity (Wildman–Crippen MR) is 34.6 cm³/mol. The van der Waals surface area contributed by atoms with Crippen molar-refractivity contribution in [2.75, 3.05) is 40.6 Å². The van der Waals surface area contributed by atoms with Crippen LogP contribution in [0.15, 0.2) is 0 Å². The number of rotatable bonds is 6. The summed E-state index contributed by atoms with van der Waals surface area (Å²) in [6.07, 6.45) is 0. The van der Waals surface area contributed by atoms with Crippen molar-refractivity contribution < 1.29 is 33.7 Å². The van der Waals surface area contributed by atoms with Crippen molar-refractivity contribution in [2.24, 2.45) is 0 Å². The van der Waals surface area contributed by atoms with E-state index in [0.717, 1.165) is 0 Å². The zero-order valence-electron chi connectivity index (χ0n) is 6.76. The van der Waals surface area contributed by atoms with Crippen LogP contribution in [0, 0.1) is 0 Å². The summed E-state index contributed by atoms with van der Waals surface area (Å²) in [7, 11) is 3.30. The Kier molecular flexibility index (Phi) is 16.0. The van der Waals surface area contributed by atoms with Crippen LogP contribution in [0.1, 0.15) is 0 Å². The number of ether oxygens (including phenoxy) is 3. The maximum atomic E-state index is 5.06. The molecule has 0 fully saturated rings. The first-order chi connectivity index (χ1) is 4.41. The van der Waals surface area contributed by atoms with Gasteiger partial charge in [-0.05, 0) is 0 Å². The Morgan fingerprint density at radius 2 is 1.20 bits per heavy atom. The van der Waals surface area contributed by atoms with Crippen LogP contribution in [-0.4, -0.2) is 40.6 Å². The number of hydrogen-bond donors (Lipinski definition) is 0. The van der Waals surface area contributed by atoms with Gasteiger partial charge in [-0.3, -0.25) is 0 Å². The van der Waals surface area contributed by atoms with E-state index in [1.165, 1.54) is 0 Å². The Bertz CT molecular complexity index is 46.3. The minimum Gasteiger partial charge on any atom is -0.382 e. The molecule has 0 aromatic rings. The molecule has 0 rings (SSSR count). The van der Waals surface area contributed by atoms with Gasteiger partial charge in [-0.15, -0.1) is 0 Å². The fraction of sp³-hybridized carbons (Fsp3) is 1.00. The molecule has 0 heterocycles. The average molecular weight is 200 g/mol. The van der Waals surface area contributed by atoms with Gasteiger partial charge >= 0.3 is 0 Å². The Morgan fingerprint density at radius 3 is 1.50 bits per heavy atom. The van der Waals surface area contributed by atoms with Crippen molar-refractivity contribution >= 4 is 0 Å². The van der Waals surface area contributed by atoms with E-state index >= 15 is 0 Å². The molecule has 0 aromatic carbocycles. The van der Waals surface area contributed by atoms with Gasteiger partial charge in [0.05, 0.1) is 26.4 Å². The van der Waals surface area contributed by atoms with Gasteiger partial charge in [-0.1, -0.05) is 0 Å². The Labute approximate surface area is 74.8 Å². The second-order valence-electron chi connectivity index (χ2n) is 1.60. The second-order valence-corrected chi connectivity index (χ2v) is 1.60. The van der Waals surface area contributed by atoms with Gasteiger partial charge in [0.2, 0.25) is 0 Å². The Morgan fingerprint density at radius 1 is 0.800 bits per heavy atom. The van der Waals surface area contributed by atoms with Crippen molar-refractivity contribution in [2.45, 2.75) is 0 Å². The number of hydrogen-bond acceptors (Lipinski definition) is 3. The van der Waals surface area contributed by atoms with Crippen molar-refractivity contribution in [3.8, 4) is 0 Å². The zero-order valence-corrected chi connectivity index (χ0v) is 9.73. The van der Waals surface area contributed by atoms with Crippen molar-refractivity contribution in [3.63, 3.8) is 0 Å². The molecule has 10 heavy (non-hydrogen) atoms. The molecule has 0 N–H and O–H groups in total. The average Bonchev–Trinajstić information content (AvgIpc) is 1.89. The molecule has 0 unspecified atom stereocenters. The third-order valence-electron chi connectivity index (χ3n) is 0.864. The van der Waals surface area contributed by atoms with E-state index in [4.69, 9.17) is 14.2 Å². The van der Waals surface area contributed by atoms with Crippen LogP contribution in [0.4, 0.5) is 0 Å². The van der Waals surface area contributed by atoms with Gasteiger partial charge in [0.15, 0.2) is 0 Å². The van der Waals surface area contributed by atoms with Crippen LogP contribution in [0.2, 0.25) is 0 Å². The van der Waals surface area contributed by atoms with Gasteiger partial charge in [-0.25, -0.2) is 0 Å². The monoisotopic (exact) mass is 198 g/mol. The summed E-state index contributed by atoms with van der Waals surface area (Å²) >= 11 is 0. The molecule has 0 atom stereocenters. The molecule has 0 aliphatic carbocycles.